The molecule has 0 N–H and O–H groups in total. The van der Waals surface area contributed by atoms with Gasteiger partial charge in [-0.2, -0.15) is 0 Å². The van der Waals surface area contributed by atoms with Gasteiger partial charge in [-0.3, -0.25) is 0 Å². The quantitative estimate of drug-likeness (QED) is 0.633. The molecule has 2 aromatic carbocycles. The van der Waals surface area contributed by atoms with Gasteiger partial charge in [-0.15, -0.1) is 7.92 Å². The highest BCUT2D eigenvalue weighted by atomic mass is 31.1. The Hall–Kier alpha value is -1.13. The fourth-order valence-corrected chi connectivity index (χ4v) is 3.63. The van der Waals surface area contributed by atoms with Crippen molar-refractivity contribution in [1.29, 1.82) is 0 Å². The van der Waals surface area contributed by atoms with Crippen molar-refractivity contribution in [3.8, 4) is 0 Å². The van der Waals surface area contributed by atoms with Crippen LogP contribution in [0.1, 0.15) is 25.0 Å². The SMILES string of the molecule is CC.CP(Cc1ccccc1)Cc1ccccc1. The van der Waals surface area contributed by atoms with Crippen molar-refractivity contribution in [2.24, 2.45) is 0 Å². The first-order valence-corrected chi connectivity index (χ1v) is 8.77. The highest BCUT2D eigenvalue weighted by molar-refractivity contribution is 7.55. The third-order valence-corrected chi connectivity index (χ3v) is 4.40. The predicted octanol–water partition coefficient (Wildman–Crippen LogP) is 5.52. The fourth-order valence-electron chi connectivity index (χ4n) is 1.85. The van der Waals surface area contributed by atoms with E-state index in [2.05, 4.69) is 67.3 Å². The largest absolute Gasteiger partial charge is 0.101 e. The monoisotopic (exact) mass is 258 g/mol. The molecule has 0 unspecified atom stereocenters. The first-order chi connectivity index (χ1) is 8.84. The van der Waals surface area contributed by atoms with Crippen LogP contribution >= 0.6 is 7.92 Å². The molecule has 0 saturated carbocycles. The summed E-state index contributed by atoms with van der Waals surface area (Å²) in [4.78, 5) is 0. The molecule has 0 aromatic heterocycles. The Kier molecular flexibility index (Phi) is 7.37. The molecule has 0 bridgehead atoms. The van der Waals surface area contributed by atoms with Crippen molar-refractivity contribution in [3.05, 3.63) is 71.8 Å². The Morgan fingerprint density at radius 1 is 0.667 bits per heavy atom. The number of hydrogen-bond donors (Lipinski definition) is 0. The van der Waals surface area contributed by atoms with Crippen molar-refractivity contribution in [3.63, 3.8) is 0 Å². The van der Waals surface area contributed by atoms with Crippen molar-refractivity contribution >= 4 is 7.92 Å². The summed E-state index contributed by atoms with van der Waals surface area (Å²) in [5.74, 6) is 0. The molecule has 0 saturated heterocycles. The van der Waals surface area contributed by atoms with Gasteiger partial charge in [-0.25, -0.2) is 0 Å². The molecule has 0 heterocycles. The van der Waals surface area contributed by atoms with Gasteiger partial charge in [0.05, 0.1) is 0 Å². The van der Waals surface area contributed by atoms with Crippen LogP contribution < -0.4 is 0 Å². The highest BCUT2D eigenvalue weighted by Gasteiger charge is 2.03. The molecule has 0 nitrogen and oxygen atoms in total. The lowest BCUT2D eigenvalue weighted by Gasteiger charge is -2.12. The smallest absolute Gasteiger partial charge is 0.00726 e. The average Bonchev–Trinajstić information content (AvgIpc) is 2.43. The van der Waals surface area contributed by atoms with E-state index in [1.165, 1.54) is 23.5 Å². The summed E-state index contributed by atoms with van der Waals surface area (Å²) in [6.07, 6.45) is 2.45. The molecule has 0 aliphatic carbocycles. The molecule has 0 aliphatic heterocycles. The minimum absolute atomic E-state index is 0.0669. The third kappa shape index (κ3) is 5.47. The maximum Gasteiger partial charge on any atom is -0.00726 e. The maximum absolute atomic E-state index is 2.38. The van der Waals surface area contributed by atoms with Crippen LogP contribution in [0, 0.1) is 0 Å². The number of benzene rings is 2. The van der Waals surface area contributed by atoms with E-state index < -0.39 is 0 Å². The van der Waals surface area contributed by atoms with E-state index in [-0.39, 0.29) is 7.92 Å². The predicted molar refractivity (Wildman–Crippen MR) is 84.5 cm³/mol. The molecule has 18 heavy (non-hydrogen) atoms. The van der Waals surface area contributed by atoms with Crippen LogP contribution in [0.15, 0.2) is 60.7 Å². The molecular formula is C17H23P. The van der Waals surface area contributed by atoms with Crippen LogP contribution in [0.3, 0.4) is 0 Å². The number of hydrogen-bond acceptors (Lipinski definition) is 0. The summed E-state index contributed by atoms with van der Waals surface area (Å²) < 4.78 is 0. The molecule has 2 aromatic rings. The molecule has 0 spiro atoms. The van der Waals surface area contributed by atoms with Gasteiger partial charge in [-0.05, 0) is 30.1 Å². The Balaban J connectivity index is 0.000000771. The summed E-state index contributed by atoms with van der Waals surface area (Å²) in [6.45, 7) is 6.38. The first-order valence-electron chi connectivity index (χ1n) is 6.61. The lowest BCUT2D eigenvalue weighted by molar-refractivity contribution is 1.32. The summed E-state index contributed by atoms with van der Waals surface area (Å²) in [5.41, 5.74) is 2.93. The van der Waals surface area contributed by atoms with E-state index in [1.54, 1.807) is 0 Å². The standard InChI is InChI=1S/C15H17P.C2H6/c1-16(12-14-8-4-2-5-9-14)13-15-10-6-3-7-11-15;1-2/h2-11H,12-13H2,1H3;1-2H3. The van der Waals surface area contributed by atoms with E-state index >= 15 is 0 Å². The van der Waals surface area contributed by atoms with Gasteiger partial charge in [0.1, 0.15) is 0 Å². The molecule has 2 rings (SSSR count). The first kappa shape index (κ1) is 14.9. The lowest BCUT2D eigenvalue weighted by atomic mass is 10.2. The highest BCUT2D eigenvalue weighted by Crippen LogP contribution is 2.39. The normalized spacial score (nSPS) is 9.78. The zero-order valence-electron chi connectivity index (χ0n) is 11.6. The Morgan fingerprint density at radius 2 is 1.00 bits per heavy atom. The summed E-state index contributed by atoms with van der Waals surface area (Å²) in [5, 5.41) is 0. The zero-order valence-corrected chi connectivity index (χ0v) is 12.5. The Morgan fingerprint density at radius 3 is 1.33 bits per heavy atom. The van der Waals surface area contributed by atoms with E-state index in [1.807, 2.05) is 13.8 Å². The second-order valence-electron chi connectivity index (χ2n) is 4.14. The molecule has 0 amide bonds. The summed E-state index contributed by atoms with van der Waals surface area (Å²) >= 11 is 0. The van der Waals surface area contributed by atoms with Crippen LogP contribution in [-0.4, -0.2) is 6.66 Å². The molecule has 0 fully saturated rings. The van der Waals surface area contributed by atoms with Crippen molar-refractivity contribution in [1.82, 2.24) is 0 Å². The van der Waals surface area contributed by atoms with Crippen LogP contribution in [0.25, 0.3) is 0 Å². The van der Waals surface area contributed by atoms with Crippen LogP contribution in [-0.2, 0) is 12.3 Å². The molecule has 96 valence electrons. The molecule has 0 radical (unpaired) electrons. The van der Waals surface area contributed by atoms with Gasteiger partial charge in [0.15, 0.2) is 0 Å². The zero-order chi connectivity index (χ0) is 13.2. The van der Waals surface area contributed by atoms with Crippen molar-refractivity contribution in [2.45, 2.75) is 26.2 Å². The van der Waals surface area contributed by atoms with E-state index in [9.17, 15) is 0 Å². The fraction of sp³-hybridized carbons (Fsp3) is 0.294. The average molecular weight is 258 g/mol. The van der Waals surface area contributed by atoms with Gasteiger partial charge in [0.2, 0.25) is 0 Å². The van der Waals surface area contributed by atoms with Gasteiger partial charge < -0.3 is 0 Å². The Labute approximate surface area is 113 Å². The van der Waals surface area contributed by atoms with Crippen LogP contribution in [0.5, 0.6) is 0 Å². The minimum atomic E-state index is 0.0669. The topological polar surface area (TPSA) is 0 Å². The molecule has 0 atom stereocenters. The van der Waals surface area contributed by atoms with E-state index in [4.69, 9.17) is 0 Å². The van der Waals surface area contributed by atoms with Gasteiger partial charge in [-0.1, -0.05) is 74.5 Å². The lowest BCUT2D eigenvalue weighted by Crippen LogP contribution is -1.87. The molecule has 0 aliphatic rings. The van der Waals surface area contributed by atoms with Crippen LogP contribution in [0.2, 0.25) is 0 Å². The summed E-state index contributed by atoms with van der Waals surface area (Å²) in [6, 6.07) is 21.6. The molecular weight excluding hydrogens is 235 g/mol. The molecule has 1 heteroatoms. The van der Waals surface area contributed by atoms with Gasteiger partial charge in [0.25, 0.3) is 0 Å². The van der Waals surface area contributed by atoms with Gasteiger partial charge >= 0.3 is 0 Å². The second kappa shape index (κ2) is 8.89. The van der Waals surface area contributed by atoms with E-state index in [0.717, 1.165) is 0 Å². The summed E-state index contributed by atoms with van der Waals surface area (Å²) in [7, 11) is 0.0669. The van der Waals surface area contributed by atoms with Gasteiger partial charge in [0, 0.05) is 0 Å². The third-order valence-electron chi connectivity index (χ3n) is 2.59. The van der Waals surface area contributed by atoms with Crippen molar-refractivity contribution in [2.75, 3.05) is 6.66 Å². The van der Waals surface area contributed by atoms with E-state index in [0.29, 0.717) is 0 Å². The number of rotatable bonds is 4. The minimum Gasteiger partial charge on any atom is -0.101 e. The van der Waals surface area contributed by atoms with Crippen LogP contribution in [0.4, 0.5) is 0 Å². The maximum atomic E-state index is 2.38. The van der Waals surface area contributed by atoms with Crippen molar-refractivity contribution < 1.29 is 0 Å². The Bertz CT molecular complexity index is 367. The second-order valence-corrected chi connectivity index (χ2v) is 6.49.